The summed E-state index contributed by atoms with van der Waals surface area (Å²) in [5, 5.41) is 3.75. The maximum absolute atomic E-state index is 13.6. The van der Waals surface area contributed by atoms with E-state index in [1.165, 1.54) is 10.6 Å². The minimum atomic E-state index is -3.57. The number of sulfonamides is 1. The molecule has 2 aromatic rings. The van der Waals surface area contributed by atoms with E-state index in [-0.39, 0.29) is 37.4 Å². The summed E-state index contributed by atoms with van der Waals surface area (Å²) in [7, 11) is -3.57. The Morgan fingerprint density at radius 3 is 2.29 bits per heavy atom. The van der Waals surface area contributed by atoms with Gasteiger partial charge in [-0.3, -0.25) is 13.9 Å². The average Bonchev–Trinajstić information content (AvgIpc) is 2.85. The van der Waals surface area contributed by atoms with Gasteiger partial charge in [-0.2, -0.15) is 0 Å². The van der Waals surface area contributed by atoms with Gasteiger partial charge in [0, 0.05) is 25.6 Å². The number of nitrogens with zero attached hydrogens (tertiary/aromatic N) is 2. The first kappa shape index (κ1) is 31.9. The molecule has 0 saturated carbocycles. The predicted octanol–water partition coefficient (Wildman–Crippen LogP) is 5.88. The third-order valence-corrected chi connectivity index (χ3v) is 8.64. The zero-order chi connectivity index (χ0) is 28.6. The van der Waals surface area contributed by atoms with Gasteiger partial charge in [0.15, 0.2) is 0 Å². The molecular weight excluding hydrogens is 545 g/mol. The van der Waals surface area contributed by atoms with Crippen molar-refractivity contribution in [1.82, 2.24) is 10.2 Å². The summed E-state index contributed by atoms with van der Waals surface area (Å²) < 4.78 is 26.6. The molecular formula is C28H39Cl2N3O4S. The zero-order valence-corrected chi connectivity index (χ0v) is 25.4. The molecule has 0 bridgehead atoms. The van der Waals surface area contributed by atoms with Gasteiger partial charge in [-0.05, 0) is 74.9 Å². The number of hydrogen-bond donors (Lipinski definition) is 1. The van der Waals surface area contributed by atoms with Gasteiger partial charge in [0.2, 0.25) is 21.8 Å². The van der Waals surface area contributed by atoms with Crippen molar-refractivity contribution in [1.29, 1.82) is 0 Å². The van der Waals surface area contributed by atoms with Gasteiger partial charge in [0.1, 0.15) is 6.04 Å². The van der Waals surface area contributed by atoms with Crippen LogP contribution in [0.4, 0.5) is 5.69 Å². The molecule has 2 amide bonds. The molecule has 10 heteroatoms. The molecule has 0 unspecified atom stereocenters. The van der Waals surface area contributed by atoms with Crippen LogP contribution in [0.25, 0.3) is 0 Å². The molecule has 0 aromatic heterocycles. The Kier molecular flexibility index (Phi) is 11.9. The summed E-state index contributed by atoms with van der Waals surface area (Å²) in [4.78, 5) is 28.3. The summed E-state index contributed by atoms with van der Waals surface area (Å²) in [6.07, 6.45) is 2.72. The van der Waals surface area contributed by atoms with Gasteiger partial charge in [-0.15, -0.1) is 0 Å². The second-order valence-electron chi connectivity index (χ2n) is 9.67. The highest BCUT2D eigenvalue weighted by molar-refractivity contribution is 7.92. The van der Waals surface area contributed by atoms with Crippen molar-refractivity contribution >= 4 is 50.7 Å². The van der Waals surface area contributed by atoms with E-state index in [1.54, 1.807) is 29.2 Å². The van der Waals surface area contributed by atoms with E-state index in [1.807, 2.05) is 46.8 Å². The standard InChI is InChI=1S/C28H39Cl2N3O4S/c1-7-20(4)31-28(35)25(8-2)32(18-22-14-15-23(29)24(30)17-22)27(34)13-10-16-33(38(6,36)37)26-12-9-11-19(3)21(26)5/h9,11-12,14-15,17,20,25H,7-8,10,13,16,18H2,1-6H3,(H,31,35)/t20-,25+/m1/s1. The van der Waals surface area contributed by atoms with E-state index in [2.05, 4.69) is 5.32 Å². The first-order valence-corrected chi connectivity index (χ1v) is 15.5. The van der Waals surface area contributed by atoms with E-state index in [0.29, 0.717) is 28.6 Å². The maximum Gasteiger partial charge on any atom is 0.243 e. The third kappa shape index (κ3) is 8.61. The fourth-order valence-electron chi connectivity index (χ4n) is 4.18. The van der Waals surface area contributed by atoms with Crippen molar-refractivity contribution in [2.75, 3.05) is 17.1 Å². The monoisotopic (exact) mass is 583 g/mol. The molecule has 7 nitrogen and oxygen atoms in total. The number of amides is 2. The summed E-state index contributed by atoms with van der Waals surface area (Å²) >= 11 is 12.3. The Bertz CT molecular complexity index is 1240. The number of carbonyl (C=O) groups is 2. The SMILES string of the molecule is CC[C@@H](C)NC(=O)[C@H](CC)N(Cc1ccc(Cl)c(Cl)c1)C(=O)CCCN(c1cccc(C)c1C)S(C)(=O)=O. The van der Waals surface area contributed by atoms with Crippen LogP contribution >= 0.6 is 23.2 Å². The van der Waals surface area contributed by atoms with Crippen LogP contribution in [0.3, 0.4) is 0 Å². The second-order valence-corrected chi connectivity index (χ2v) is 12.4. The summed E-state index contributed by atoms with van der Waals surface area (Å²) in [6, 6.07) is 9.94. The molecule has 1 N–H and O–H groups in total. The Hall–Kier alpha value is -2.29. The Balaban J connectivity index is 2.29. The van der Waals surface area contributed by atoms with Crippen molar-refractivity contribution in [3.05, 3.63) is 63.1 Å². The smallest absolute Gasteiger partial charge is 0.243 e. The van der Waals surface area contributed by atoms with Crippen molar-refractivity contribution in [3.63, 3.8) is 0 Å². The highest BCUT2D eigenvalue weighted by Crippen LogP contribution is 2.27. The van der Waals surface area contributed by atoms with Crippen molar-refractivity contribution in [3.8, 4) is 0 Å². The lowest BCUT2D eigenvalue weighted by atomic mass is 10.1. The molecule has 0 aliphatic rings. The normalized spacial score (nSPS) is 13.1. The van der Waals surface area contributed by atoms with E-state index in [4.69, 9.17) is 23.2 Å². The quantitative estimate of drug-likeness (QED) is 0.319. The van der Waals surface area contributed by atoms with E-state index in [0.717, 1.165) is 23.1 Å². The number of hydrogen-bond acceptors (Lipinski definition) is 4. The number of anilines is 1. The number of benzene rings is 2. The summed E-state index contributed by atoms with van der Waals surface area (Å²) in [5.74, 6) is -0.458. The first-order chi connectivity index (χ1) is 17.8. The summed E-state index contributed by atoms with van der Waals surface area (Å²) in [6.45, 7) is 9.90. The molecule has 0 saturated heterocycles. The number of halogens is 2. The lowest BCUT2D eigenvalue weighted by Gasteiger charge is -2.32. The highest BCUT2D eigenvalue weighted by atomic mass is 35.5. The number of aryl methyl sites for hydroxylation is 1. The zero-order valence-electron chi connectivity index (χ0n) is 23.1. The molecule has 0 aliphatic carbocycles. The van der Waals surface area contributed by atoms with Gasteiger partial charge >= 0.3 is 0 Å². The molecule has 210 valence electrons. The fraction of sp³-hybridized carbons (Fsp3) is 0.500. The summed E-state index contributed by atoms with van der Waals surface area (Å²) in [5.41, 5.74) is 3.21. The number of carbonyl (C=O) groups excluding carboxylic acids is 2. The van der Waals surface area contributed by atoms with Crippen LogP contribution in [0.2, 0.25) is 10.0 Å². The molecule has 0 spiro atoms. The topological polar surface area (TPSA) is 86.8 Å². The predicted molar refractivity (Wildman–Crippen MR) is 156 cm³/mol. The Morgan fingerprint density at radius 1 is 1.03 bits per heavy atom. The number of rotatable bonds is 13. The Morgan fingerprint density at radius 2 is 1.71 bits per heavy atom. The molecule has 0 heterocycles. The van der Waals surface area contributed by atoms with Crippen molar-refractivity contribution < 1.29 is 18.0 Å². The van der Waals surface area contributed by atoms with Crippen LogP contribution in [-0.2, 0) is 26.2 Å². The largest absolute Gasteiger partial charge is 0.352 e. The first-order valence-electron chi connectivity index (χ1n) is 12.9. The Labute approximate surface area is 237 Å². The minimum absolute atomic E-state index is 0.0284. The molecule has 0 aliphatic heterocycles. The molecule has 0 radical (unpaired) electrons. The van der Waals surface area contributed by atoms with Gasteiger partial charge in [0.25, 0.3) is 0 Å². The van der Waals surface area contributed by atoms with Crippen LogP contribution in [0.15, 0.2) is 36.4 Å². The van der Waals surface area contributed by atoms with E-state index < -0.39 is 16.1 Å². The van der Waals surface area contributed by atoms with E-state index >= 15 is 0 Å². The molecule has 2 atom stereocenters. The second kappa shape index (κ2) is 14.2. The highest BCUT2D eigenvalue weighted by Gasteiger charge is 2.29. The third-order valence-electron chi connectivity index (χ3n) is 6.72. The van der Waals surface area contributed by atoms with Crippen molar-refractivity contribution in [2.45, 2.75) is 78.9 Å². The van der Waals surface area contributed by atoms with Gasteiger partial charge in [0.05, 0.1) is 22.0 Å². The molecule has 0 fully saturated rings. The average molecular weight is 585 g/mol. The fourth-order valence-corrected chi connectivity index (χ4v) is 5.52. The van der Waals surface area contributed by atoms with Crippen LogP contribution in [0, 0.1) is 13.8 Å². The molecule has 2 aromatic carbocycles. The lowest BCUT2D eigenvalue weighted by Crippen LogP contribution is -2.50. The maximum atomic E-state index is 13.6. The lowest BCUT2D eigenvalue weighted by molar-refractivity contribution is -0.141. The number of nitrogens with one attached hydrogen (secondary N) is 1. The van der Waals surface area contributed by atoms with Crippen LogP contribution in [-0.4, -0.2) is 50.0 Å². The van der Waals surface area contributed by atoms with Crippen LogP contribution in [0.1, 0.15) is 63.1 Å². The van der Waals surface area contributed by atoms with Crippen LogP contribution in [0.5, 0.6) is 0 Å². The van der Waals surface area contributed by atoms with Gasteiger partial charge < -0.3 is 10.2 Å². The van der Waals surface area contributed by atoms with Crippen molar-refractivity contribution in [2.24, 2.45) is 0 Å². The molecule has 2 rings (SSSR count). The minimum Gasteiger partial charge on any atom is -0.352 e. The van der Waals surface area contributed by atoms with Gasteiger partial charge in [-0.1, -0.05) is 55.2 Å². The molecule has 38 heavy (non-hydrogen) atoms. The van der Waals surface area contributed by atoms with Crippen LogP contribution < -0.4 is 9.62 Å². The van der Waals surface area contributed by atoms with Gasteiger partial charge in [-0.25, -0.2) is 8.42 Å². The van der Waals surface area contributed by atoms with E-state index in [9.17, 15) is 18.0 Å².